The first-order chi connectivity index (χ1) is 8.97. The van der Waals surface area contributed by atoms with Crippen LogP contribution in [0.1, 0.15) is 10.4 Å². The summed E-state index contributed by atoms with van der Waals surface area (Å²) in [5, 5.41) is 2.25. The lowest BCUT2D eigenvalue weighted by molar-refractivity contribution is 0.102. The number of pyridine rings is 1. The lowest BCUT2D eigenvalue weighted by Gasteiger charge is -2.06. The van der Waals surface area contributed by atoms with Crippen molar-refractivity contribution in [3.05, 3.63) is 58.1 Å². The van der Waals surface area contributed by atoms with Gasteiger partial charge in [0.15, 0.2) is 17.5 Å². The zero-order valence-corrected chi connectivity index (χ0v) is 10.8. The molecule has 0 aliphatic rings. The number of aromatic nitrogens is 1. The molecule has 0 fully saturated rings. The van der Waals surface area contributed by atoms with Gasteiger partial charge in [-0.2, -0.15) is 0 Å². The molecule has 2 rings (SSSR count). The van der Waals surface area contributed by atoms with Gasteiger partial charge < -0.3 is 5.32 Å². The van der Waals surface area contributed by atoms with E-state index in [1.165, 1.54) is 18.5 Å². The third-order valence-corrected chi connectivity index (χ3v) is 2.64. The molecule has 0 saturated heterocycles. The quantitative estimate of drug-likeness (QED) is 0.856. The zero-order chi connectivity index (χ0) is 14.0. The van der Waals surface area contributed by atoms with Gasteiger partial charge in [0.1, 0.15) is 0 Å². The SMILES string of the molecule is O=C(Nc1cc(F)c(F)c(F)c1)c1cncc(Br)c1. The Kier molecular flexibility index (Phi) is 3.84. The summed E-state index contributed by atoms with van der Waals surface area (Å²) in [5.41, 5.74) is 0.0147. The van der Waals surface area contributed by atoms with Gasteiger partial charge in [0.25, 0.3) is 5.91 Å². The van der Waals surface area contributed by atoms with E-state index in [0.717, 1.165) is 0 Å². The highest BCUT2D eigenvalue weighted by Crippen LogP contribution is 2.18. The summed E-state index contributed by atoms with van der Waals surface area (Å²) in [7, 11) is 0. The maximum Gasteiger partial charge on any atom is 0.257 e. The predicted molar refractivity (Wildman–Crippen MR) is 66.2 cm³/mol. The normalized spacial score (nSPS) is 10.3. The summed E-state index contributed by atoms with van der Waals surface area (Å²) < 4.78 is 39.3. The summed E-state index contributed by atoms with van der Waals surface area (Å²) in [6, 6.07) is 2.88. The molecule has 0 saturated carbocycles. The minimum Gasteiger partial charge on any atom is -0.322 e. The molecule has 0 atom stereocenters. The Hall–Kier alpha value is -1.89. The van der Waals surface area contributed by atoms with Crippen LogP contribution in [0.15, 0.2) is 35.1 Å². The number of nitrogens with zero attached hydrogens (tertiary/aromatic N) is 1. The molecule has 19 heavy (non-hydrogen) atoms. The van der Waals surface area contributed by atoms with Crippen molar-refractivity contribution in [3.8, 4) is 0 Å². The van der Waals surface area contributed by atoms with Gasteiger partial charge in [-0.1, -0.05) is 0 Å². The van der Waals surface area contributed by atoms with Crippen molar-refractivity contribution in [2.75, 3.05) is 5.32 Å². The molecule has 1 heterocycles. The van der Waals surface area contributed by atoms with Crippen LogP contribution in [-0.4, -0.2) is 10.9 Å². The molecule has 98 valence electrons. The highest BCUT2D eigenvalue weighted by molar-refractivity contribution is 9.10. The van der Waals surface area contributed by atoms with Crippen LogP contribution in [0.4, 0.5) is 18.9 Å². The molecule has 3 nitrogen and oxygen atoms in total. The predicted octanol–water partition coefficient (Wildman–Crippen LogP) is 3.51. The topological polar surface area (TPSA) is 42.0 Å². The van der Waals surface area contributed by atoms with Crippen LogP contribution in [0.3, 0.4) is 0 Å². The molecule has 2 aromatic rings. The molecule has 7 heteroatoms. The fourth-order valence-corrected chi connectivity index (χ4v) is 1.73. The van der Waals surface area contributed by atoms with E-state index < -0.39 is 23.4 Å². The van der Waals surface area contributed by atoms with Gasteiger partial charge in [-0.3, -0.25) is 9.78 Å². The summed E-state index contributed by atoms with van der Waals surface area (Å²) in [6.45, 7) is 0. The van der Waals surface area contributed by atoms with E-state index in [2.05, 4.69) is 26.2 Å². The van der Waals surface area contributed by atoms with Gasteiger partial charge in [0, 0.05) is 34.7 Å². The highest BCUT2D eigenvalue weighted by atomic mass is 79.9. The summed E-state index contributed by atoms with van der Waals surface area (Å²) in [5.74, 6) is -4.94. The number of halogens is 4. The van der Waals surface area contributed by atoms with Crippen molar-refractivity contribution in [1.82, 2.24) is 4.98 Å². The van der Waals surface area contributed by atoms with Crippen molar-refractivity contribution in [2.45, 2.75) is 0 Å². The molecule has 0 spiro atoms. The van der Waals surface area contributed by atoms with Crippen LogP contribution in [0, 0.1) is 17.5 Å². The number of amides is 1. The third-order valence-electron chi connectivity index (χ3n) is 2.21. The average molecular weight is 331 g/mol. The molecule has 0 unspecified atom stereocenters. The fraction of sp³-hybridized carbons (Fsp3) is 0. The van der Waals surface area contributed by atoms with Crippen LogP contribution in [-0.2, 0) is 0 Å². The number of carbonyl (C=O) groups excluding carboxylic acids is 1. The second-order valence-corrected chi connectivity index (χ2v) is 4.52. The Balaban J connectivity index is 2.24. The smallest absolute Gasteiger partial charge is 0.257 e. The van der Waals surface area contributed by atoms with Crippen molar-refractivity contribution in [2.24, 2.45) is 0 Å². The van der Waals surface area contributed by atoms with Crippen LogP contribution >= 0.6 is 15.9 Å². The summed E-state index contributed by atoms with van der Waals surface area (Å²) >= 11 is 3.14. The van der Waals surface area contributed by atoms with E-state index in [0.29, 0.717) is 16.6 Å². The van der Waals surface area contributed by atoms with Crippen molar-refractivity contribution in [1.29, 1.82) is 0 Å². The van der Waals surface area contributed by atoms with E-state index >= 15 is 0 Å². The Morgan fingerprint density at radius 2 is 1.74 bits per heavy atom. The van der Waals surface area contributed by atoms with Crippen LogP contribution in [0.5, 0.6) is 0 Å². The second kappa shape index (κ2) is 5.40. The van der Waals surface area contributed by atoms with Gasteiger partial charge in [-0.15, -0.1) is 0 Å². The Labute approximate surface area is 114 Å². The minimum atomic E-state index is -1.58. The Morgan fingerprint density at radius 3 is 2.32 bits per heavy atom. The van der Waals surface area contributed by atoms with E-state index in [1.54, 1.807) is 0 Å². The standard InChI is InChI=1S/C12H6BrF3N2O/c13-7-1-6(4-17-5-7)12(19)18-8-2-9(14)11(16)10(15)3-8/h1-5H,(H,18,19). The monoisotopic (exact) mass is 330 g/mol. The molecule has 1 amide bonds. The van der Waals surface area contributed by atoms with E-state index in [9.17, 15) is 18.0 Å². The third kappa shape index (κ3) is 3.11. The largest absolute Gasteiger partial charge is 0.322 e. The van der Waals surface area contributed by atoms with E-state index in [4.69, 9.17) is 0 Å². The van der Waals surface area contributed by atoms with Crippen molar-refractivity contribution >= 4 is 27.5 Å². The summed E-state index contributed by atoms with van der Waals surface area (Å²) in [4.78, 5) is 15.5. The fourth-order valence-electron chi connectivity index (χ4n) is 1.37. The average Bonchev–Trinajstić information content (AvgIpc) is 2.36. The number of anilines is 1. The second-order valence-electron chi connectivity index (χ2n) is 3.60. The number of rotatable bonds is 2. The first-order valence-electron chi connectivity index (χ1n) is 5.04. The molecule has 0 aliphatic heterocycles. The van der Waals surface area contributed by atoms with Crippen LogP contribution in [0.25, 0.3) is 0 Å². The number of benzene rings is 1. The Morgan fingerprint density at radius 1 is 1.11 bits per heavy atom. The Bertz CT molecular complexity index is 626. The molecular formula is C12H6BrF3N2O. The molecular weight excluding hydrogens is 325 g/mol. The highest BCUT2D eigenvalue weighted by Gasteiger charge is 2.13. The van der Waals surface area contributed by atoms with Gasteiger partial charge in [0.05, 0.1) is 5.56 Å². The molecule has 1 aromatic heterocycles. The van der Waals surface area contributed by atoms with Gasteiger partial charge in [-0.05, 0) is 22.0 Å². The first kappa shape index (κ1) is 13.5. The van der Waals surface area contributed by atoms with Crippen LogP contribution in [0.2, 0.25) is 0 Å². The van der Waals surface area contributed by atoms with Crippen molar-refractivity contribution in [3.63, 3.8) is 0 Å². The maximum atomic E-state index is 13.0. The molecule has 0 bridgehead atoms. The minimum absolute atomic E-state index is 0.179. The van der Waals surface area contributed by atoms with E-state index in [-0.39, 0.29) is 11.3 Å². The van der Waals surface area contributed by atoms with Gasteiger partial charge >= 0.3 is 0 Å². The number of hydrogen-bond acceptors (Lipinski definition) is 2. The van der Waals surface area contributed by atoms with E-state index in [1.807, 2.05) is 0 Å². The zero-order valence-electron chi connectivity index (χ0n) is 9.25. The van der Waals surface area contributed by atoms with Crippen LogP contribution < -0.4 is 5.32 Å². The summed E-state index contributed by atoms with van der Waals surface area (Å²) in [6.07, 6.45) is 2.77. The molecule has 1 aromatic carbocycles. The molecule has 1 N–H and O–H groups in total. The molecule has 0 aliphatic carbocycles. The van der Waals surface area contributed by atoms with Gasteiger partial charge in [0.2, 0.25) is 0 Å². The number of hydrogen-bond donors (Lipinski definition) is 1. The maximum absolute atomic E-state index is 13.0. The van der Waals surface area contributed by atoms with Crippen molar-refractivity contribution < 1.29 is 18.0 Å². The lowest BCUT2D eigenvalue weighted by atomic mass is 10.2. The molecule has 0 radical (unpaired) electrons. The van der Waals surface area contributed by atoms with Gasteiger partial charge in [-0.25, -0.2) is 13.2 Å². The lowest BCUT2D eigenvalue weighted by Crippen LogP contribution is -2.13. The number of nitrogens with one attached hydrogen (secondary N) is 1. The first-order valence-corrected chi connectivity index (χ1v) is 5.83. The number of carbonyl (C=O) groups is 1.